The third-order valence-corrected chi connectivity index (χ3v) is 4.91. The highest BCUT2D eigenvalue weighted by Gasteiger charge is 2.23. The van der Waals surface area contributed by atoms with E-state index in [2.05, 4.69) is 14.9 Å². The number of carbonyl (C=O) groups is 1. The van der Waals surface area contributed by atoms with Crippen LogP contribution in [0.15, 0.2) is 55.4 Å². The van der Waals surface area contributed by atoms with Crippen LogP contribution < -0.4 is 0 Å². The van der Waals surface area contributed by atoms with Crippen molar-refractivity contribution in [3.05, 3.63) is 72.2 Å². The summed E-state index contributed by atoms with van der Waals surface area (Å²) in [7, 11) is 0. The fourth-order valence-corrected chi connectivity index (χ4v) is 3.59. The molecule has 3 heterocycles. The minimum atomic E-state index is -0.889. The van der Waals surface area contributed by atoms with Gasteiger partial charge in [-0.3, -0.25) is 14.5 Å². The Balaban J connectivity index is 1.48. The quantitative estimate of drug-likeness (QED) is 0.750. The summed E-state index contributed by atoms with van der Waals surface area (Å²) in [5.41, 5.74) is 2.35. The molecule has 1 N–H and O–H groups in total. The first-order valence-electron chi connectivity index (χ1n) is 9.04. The van der Waals surface area contributed by atoms with E-state index in [0.717, 1.165) is 49.6 Å². The number of imidazole rings is 1. The Morgan fingerprint density at radius 3 is 3.00 bits per heavy atom. The molecule has 0 saturated carbocycles. The lowest BCUT2D eigenvalue weighted by Gasteiger charge is -2.32. The van der Waals surface area contributed by atoms with Crippen molar-refractivity contribution in [1.82, 2.24) is 24.4 Å². The van der Waals surface area contributed by atoms with Crippen LogP contribution in [0.2, 0.25) is 0 Å². The van der Waals surface area contributed by atoms with Crippen molar-refractivity contribution in [2.75, 3.05) is 13.1 Å². The summed E-state index contributed by atoms with van der Waals surface area (Å²) in [6, 6.07) is 7.17. The van der Waals surface area contributed by atoms with Crippen molar-refractivity contribution in [3.63, 3.8) is 0 Å². The zero-order chi connectivity index (χ0) is 18.6. The Hall–Kier alpha value is -3.06. The number of benzene rings is 1. The first-order chi connectivity index (χ1) is 13.2. The second kappa shape index (κ2) is 7.67. The molecular formula is C20H21N5O2. The van der Waals surface area contributed by atoms with E-state index < -0.39 is 5.97 Å². The van der Waals surface area contributed by atoms with Crippen LogP contribution in [-0.4, -0.2) is 48.6 Å². The molecule has 138 valence electrons. The predicted octanol–water partition coefficient (Wildman–Crippen LogP) is 2.74. The molecule has 0 amide bonds. The third-order valence-electron chi connectivity index (χ3n) is 4.91. The van der Waals surface area contributed by atoms with Gasteiger partial charge in [0, 0.05) is 37.6 Å². The van der Waals surface area contributed by atoms with Crippen LogP contribution in [0.25, 0.3) is 5.82 Å². The SMILES string of the molecule is O=C(O)c1cccc(CN2CCC[C@@H](c3cncc(-n4ccnc4)n3)C2)c1. The van der Waals surface area contributed by atoms with Gasteiger partial charge in [0.2, 0.25) is 0 Å². The fourth-order valence-electron chi connectivity index (χ4n) is 3.59. The van der Waals surface area contributed by atoms with Gasteiger partial charge in [-0.05, 0) is 37.1 Å². The fraction of sp³-hybridized carbons (Fsp3) is 0.300. The van der Waals surface area contributed by atoms with Gasteiger partial charge < -0.3 is 5.11 Å². The van der Waals surface area contributed by atoms with Gasteiger partial charge in [0.1, 0.15) is 6.33 Å². The zero-order valence-electron chi connectivity index (χ0n) is 14.9. The molecule has 1 aromatic carbocycles. The minimum Gasteiger partial charge on any atom is -0.478 e. The van der Waals surface area contributed by atoms with Crippen LogP contribution in [0.3, 0.4) is 0 Å². The molecule has 1 fully saturated rings. The number of rotatable bonds is 5. The number of hydrogen-bond acceptors (Lipinski definition) is 5. The predicted molar refractivity (Wildman–Crippen MR) is 99.8 cm³/mol. The van der Waals surface area contributed by atoms with Crippen LogP contribution in [0.4, 0.5) is 0 Å². The highest BCUT2D eigenvalue weighted by Crippen LogP contribution is 2.26. The lowest BCUT2D eigenvalue weighted by molar-refractivity contribution is 0.0696. The molecule has 0 unspecified atom stereocenters. The average molecular weight is 363 g/mol. The first-order valence-corrected chi connectivity index (χ1v) is 9.04. The molecule has 1 saturated heterocycles. The maximum atomic E-state index is 11.2. The molecule has 0 bridgehead atoms. The molecule has 0 aliphatic carbocycles. The van der Waals surface area contributed by atoms with E-state index in [0.29, 0.717) is 11.5 Å². The standard InChI is InChI=1S/C20H21N5O2/c26-20(27)16-4-1-3-15(9-16)12-24-7-2-5-17(13-24)18-10-22-11-19(23-18)25-8-6-21-14-25/h1,3-4,6,8-11,14,17H,2,5,7,12-13H2,(H,26,27)/t17-/m1/s1. The molecule has 1 aliphatic heterocycles. The Labute approximate surface area is 157 Å². The van der Waals surface area contributed by atoms with Crippen LogP contribution >= 0.6 is 0 Å². The van der Waals surface area contributed by atoms with E-state index in [1.54, 1.807) is 36.9 Å². The van der Waals surface area contributed by atoms with Crippen LogP contribution in [0.1, 0.15) is 40.4 Å². The molecular weight excluding hydrogens is 342 g/mol. The highest BCUT2D eigenvalue weighted by molar-refractivity contribution is 5.87. The number of aromatic carboxylic acids is 1. The number of piperidine rings is 1. The Morgan fingerprint density at radius 1 is 1.26 bits per heavy atom. The summed E-state index contributed by atoms with van der Waals surface area (Å²) < 4.78 is 1.86. The minimum absolute atomic E-state index is 0.317. The van der Waals surface area contributed by atoms with Crippen LogP contribution in [0.5, 0.6) is 0 Å². The molecule has 0 radical (unpaired) electrons. The van der Waals surface area contributed by atoms with Gasteiger partial charge in [0.15, 0.2) is 5.82 Å². The summed E-state index contributed by atoms with van der Waals surface area (Å²) in [4.78, 5) is 26.7. The molecule has 7 nitrogen and oxygen atoms in total. The van der Waals surface area contributed by atoms with E-state index in [1.165, 1.54) is 0 Å². The molecule has 1 atom stereocenters. The number of carboxylic acid groups (broad SMARTS) is 1. The van der Waals surface area contributed by atoms with E-state index in [-0.39, 0.29) is 0 Å². The van der Waals surface area contributed by atoms with E-state index >= 15 is 0 Å². The Kier molecular flexibility index (Phi) is 4.93. The summed E-state index contributed by atoms with van der Waals surface area (Å²) >= 11 is 0. The lowest BCUT2D eigenvalue weighted by Crippen LogP contribution is -2.34. The van der Waals surface area contributed by atoms with Crippen LogP contribution in [-0.2, 0) is 6.54 Å². The largest absolute Gasteiger partial charge is 0.478 e. The molecule has 4 rings (SSSR count). The highest BCUT2D eigenvalue weighted by atomic mass is 16.4. The second-order valence-electron chi connectivity index (χ2n) is 6.85. The topological polar surface area (TPSA) is 84.1 Å². The van der Waals surface area contributed by atoms with Gasteiger partial charge in [-0.1, -0.05) is 12.1 Å². The maximum absolute atomic E-state index is 11.2. The Bertz CT molecular complexity index is 926. The van der Waals surface area contributed by atoms with Gasteiger partial charge in [-0.25, -0.2) is 14.8 Å². The Morgan fingerprint density at radius 2 is 2.19 bits per heavy atom. The first kappa shape index (κ1) is 17.4. The van der Waals surface area contributed by atoms with Gasteiger partial charge in [0.25, 0.3) is 0 Å². The summed E-state index contributed by atoms with van der Waals surface area (Å²) in [6.45, 7) is 2.63. The van der Waals surface area contributed by atoms with Crippen molar-refractivity contribution >= 4 is 5.97 Å². The third kappa shape index (κ3) is 4.03. The molecule has 0 spiro atoms. The zero-order valence-corrected chi connectivity index (χ0v) is 14.9. The van der Waals surface area contributed by atoms with Gasteiger partial charge in [-0.15, -0.1) is 0 Å². The van der Waals surface area contributed by atoms with E-state index in [9.17, 15) is 9.90 Å². The monoisotopic (exact) mass is 363 g/mol. The molecule has 27 heavy (non-hydrogen) atoms. The lowest BCUT2D eigenvalue weighted by atomic mass is 9.94. The summed E-state index contributed by atoms with van der Waals surface area (Å²) in [6.07, 6.45) is 11.0. The number of nitrogens with zero attached hydrogens (tertiary/aromatic N) is 5. The van der Waals surface area contributed by atoms with Crippen molar-refractivity contribution < 1.29 is 9.90 Å². The van der Waals surface area contributed by atoms with Crippen molar-refractivity contribution in [1.29, 1.82) is 0 Å². The molecule has 1 aliphatic rings. The average Bonchev–Trinajstić information content (AvgIpc) is 3.23. The van der Waals surface area contributed by atoms with Gasteiger partial charge >= 0.3 is 5.97 Å². The normalized spacial score (nSPS) is 17.7. The van der Waals surface area contributed by atoms with Crippen LogP contribution in [0, 0.1) is 0 Å². The van der Waals surface area contributed by atoms with E-state index in [4.69, 9.17) is 4.98 Å². The summed E-state index contributed by atoms with van der Waals surface area (Å²) in [5.74, 6) is 0.202. The summed E-state index contributed by atoms with van der Waals surface area (Å²) in [5, 5.41) is 9.17. The second-order valence-corrected chi connectivity index (χ2v) is 6.85. The molecule has 3 aromatic rings. The van der Waals surface area contributed by atoms with Crippen molar-refractivity contribution in [2.24, 2.45) is 0 Å². The van der Waals surface area contributed by atoms with E-state index in [1.807, 2.05) is 23.0 Å². The molecule has 7 heteroatoms. The van der Waals surface area contributed by atoms with Gasteiger partial charge in [-0.2, -0.15) is 0 Å². The molecule has 2 aromatic heterocycles. The van der Waals surface area contributed by atoms with Crippen molar-refractivity contribution in [2.45, 2.75) is 25.3 Å². The number of likely N-dealkylation sites (tertiary alicyclic amines) is 1. The smallest absolute Gasteiger partial charge is 0.335 e. The number of carboxylic acids is 1. The van der Waals surface area contributed by atoms with Crippen molar-refractivity contribution in [3.8, 4) is 5.82 Å². The number of hydrogen-bond donors (Lipinski definition) is 1. The maximum Gasteiger partial charge on any atom is 0.335 e. The number of aromatic nitrogens is 4. The van der Waals surface area contributed by atoms with Gasteiger partial charge in [0.05, 0.1) is 17.5 Å².